The molecule has 0 saturated heterocycles. The molecule has 5 nitrogen and oxygen atoms in total. The number of hydrogen-bond acceptors (Lipinski definition) is 5. The SMILES string of the molecule is COc1cc(OC)c(-c2ccoc2C=O)c(OC)c1. The Morgan fingerprint density at radius 3 is 2.16 bits per heavy atom. The summed E-state index contributed by atoms with van der Waals surface area (Å²) in [5.74, 6) is 1.91. The van der Waals surface area contributed by atoms with Gasteiger partial charge in [0, 0.05) is 17.7 Å². The monoisotopic (exact) mass is 262 g/mol. The molecule has 0 aliphatic carbocycles. The smallest absolute Gasteiger partial charge is 0.185 e. The van der Waals surface area contributed by atoms with Crippen LogP contribution < -0.4 is 14.2 Å². The highest BCUT2D eigenvalue weighted by molar-refractivity contribution is 5.89. The topological polar surface area (TPSA) is 57.9 Å². The van der Waals surface area contributed by atoms with E-state index in [-0.39, 0.29) is 5.76 Å². The van der Waals surface area contributed by atoms with E-state index in [0.717, 1.165) is 0 Å². The molecular formula is C14H14O5. The normalized spacial score (nSPS) is 10.1. The lowest BCUT2D eigenvalue weighted by Gasteiger charge is -2.14. The highest BCUT2D eigenvalue weighted by Crippen LogP contribution is 2.43. The van der Waals surface area contributed by atoms with Gasteiger partial charge in [-0.1, -0.05) is 0 Å². The average molecular weight is 262 g/mol. The van der Waals surface area contributed by atoms with Crippen molar-refractivity contribution in [3.8, 4) is 28.4 Å². The molecule has 0 fully saturated rings. The lowest BCUT2D eigenvalue weighted by molar-refractivity contribution is 0.110. The molecule has 1 aromatic heterocycles. The van der Waals surface area contributed by atoms with Gasteiger partial charge in [-0.15, -0.1) is 0 Å². The van der Waals surface area contributed by atoms with E-state index in [0.29, 0.717) is 34.7 Å². The molecule has 1 aromatic carbocycles. The van der Waals surface area contributed by atoms with E-state index in [1.54, 1.807) is 39.5 Å². The fourth-order valence-electron chi connectivity index (χ4n) is 1.89. The first kappa shape index (κ1) is 13.0. The quantitative estimate of drug-likeness (QED) is 0.775. The number of furan rings is 1. The van der Waals surface area contributed by atoms with Crippen LogP contribution in [0.1, 0.15) is 10.6 Å². The fraction of sp³-hybridized carbons (Fsp3) is 0.214. The number of aldehydes is 1. The third-order valence-electron chi connectivity index (χ3n) is 2.79. The summed E-state index contributed by atoms with van der Waals surface area (Å²) in [6.45, 7) is 0. The van der Waals surface area contributed by atoms with Crippen molar-refractivity contribution in [1.82, 2.24) is 0 Å². The lowest BCUT2D eigenvalue weighted by atomic mass is 10.0. The maximum absolute atomic E-state index is 11.0. The second kappa shape index (κ2) is 5.48. The van der Waals surface area contributed by atoms with E-state index in [9.17, 15) is 4.79 Å². The Kier molecular flexibility index (Phi) is 3.75. The molecule has 0 aliphatic rings. The van der Waals surface area contributed by atoms with Gasteiger partial charge in [-0.25, -0.2) is 0 Å². The summed E-state index contributed by atoms with van der Waals surface area (Å²) >= 11 is 0. The first-order valence-corrected chi connectivity index (χ1v) is 5.58. The van der Waals surface area contributed by atoms with Crippen LogP contribution in [0.5, 0.6) is 17.2 Å². The minimum absolute atomic E-state index is 0.224. The summed E-state index contributed by atoms with van der Waals surface area (Å²) in [7, 11) is 4.64. The van der Waals surface area contributed by atoms with Crippen molar-refractivity contribution < 1.29 is 23.4 Å². The van der Waals surface area contributed by atoms with E-state index < -0.39 is 0 Å². The van der Waals surface area contributed by atoms with E-state index in [1.165, 1.54) is 6.26 Å². The Labute approximate surface area is 110 Å². The highest BCUT2D eigenvalue weighted by atomic mass is 16.5. The van der Waals surface area contributed by atoms with Crippen molar-refractivity contribution in [2.75, 3.05) is 21.3 Å². The molecule has 0 radical (unpaired) electrons. The molecule has 0 amide bonds. The minimum atomic E-state index is 0.224. The summed E-state index contributed by atoms with van der Waals surface area (Å²) in [5, 5.41) is 0. The van der Waals surface area contributed by atoms with Gasteiger partial charge in [-0.2, -0.15) is 0 Å². The van der Waals surface area contributed by atoms with Gasteiger partial charge in [0.05, 0.1) is 33.2 Å². The zero-order chi connectivity index (χ0) is 13.8. The first-order valence-electron chi connectivity index (χ1n) is 5.58. The van der Waals surface area contributed by atoms with Crippen molar-refractivity contribution in [2.24, 2.45) is 0 Å². The van der Waals surface area contributed by atoms with Crippen LogP contribution in [-0.2, 0) is 0 Å². The van der Waals surface area contributed by atoms with Gasteiger partial charge in [0.2, 0.25) is 0 Å². The third kappa shape index (κ3) is 2.27. The summed E-state index contributed by atoms with van der Waals surface area (Å²) < 4.78 is 21.0. The molecule has 19 heavy (non-hydrogen) atoms. The zero-order valence-corrected chi connectivity index (χ0v) is 10.9. The van der Waals surface area contributed by atoms with Crippen LogP contribution in [-0.4, -0.2) is 27.6 Å². The lowest BCUT2D eigenvalue weighted by Crippen LogP contribution is -1.96. The van der Waals surface area contributed by atoms with Crippen LogP contribution >= 0.6 is 0 Å². The van der Waals surface area contributed by atoms with Gasteiger partial charge in [-0.3, -0.25) is 4.79 Å². The molecule has 100 valence electrons. The maximum Gasteiger partial charge on any atom is 0.185 e. The van der Waals surface area contributed by atoms with Crippen LogP contribution in [0.4, 0.5) is 0 Å². The van der Waals surface area contributed by atoms with Gasteiger partial charge in [0.15, 0.2) is 12.0 Å². The van der Waals surface area contributed by atoms with Crippen molar-refractivity contribution in [2.45, 2.75) is 0 Å². The number of benzene rings is 1. The summed E-state index contributed by atoms with van der Waals surface area (Å²) in [5.41, 5.74) is 1.27. The van der Waals surface area contributed by atoms with Gasteiger partial charge in [0.1, 0.15) is 17.2 Å². The summed E-state index contributed by atoms with van der Waals surface area (Å²) in [4.78, 5) is 11.0. The summed E-state index contributed by atoms with van der Waals surface area (Å²) in [6.07, 6.45) is 2.10. The van der Waals surface area contributed by atoms with E-state index in [2.05, 4.69) is 0 Å². The minimum Gasteiger partial charge on any atom is -0.496 e. The van der Waals surface area contributed by atoms with Gasteiger partial charge >= 0.3 is 0 Å². The second-order valence-corrected chi connectivity index (χ2v) is 3.72. The molecule has 0 saturated carbocycles. The Balaban J connectivity index is 2.70. The number of carbonyl (C=O) groups is 1. The fourth-order valence-corrected chi connectivity index (χ4v) is 1.89. The average Bonchev–Trinajstić information content (AvgIpc) is 2.93. The third-order valence-corrected chi connectivity index (χ3v) is 2.79. The molecule has 0 N–H and O–H groups in total. The number of carbonyl (C=O) groups excluding carboxylic acids is 1. The molecule has 2 rings (SSSR count). The predicted molar refractivity (Wildman–Crippen MR) is 69.2 cm³/mol. The van der Waals surface area contributed by atoms with Crippen LogP contribution in [0.2, 0.25) is 0 Å². The van der Waals surface area contributed by atoms with E-state index >= 15 is 0 Å². The van der Waals surface area contributed by atoms with Crippen molar-refractivity contribution >= 4 is 6.29 Å². The Bertz CT molecular complexity index is 560. The van der Waals surface area contributed by atoms with Crippen LogP contribution in [0.3, 0.4) is 0 Å². The molecule has 0 atom stereocenters. The second-order valence-electron chi connectivity index (χ2n) is 3.72. The first-order chi connectivity index (χ1) is 9.24. The predicted octanol–water partition coefficient (Wildman–Crippen LogP) is 2.78. The van der Waals surface area contributed by atoms with E-state index in [4.69, 9.17) is 18.6 Å². The maximum atomic E-state index is 11.0. The molecule has 1 heterocycles. The van der Waals surface area contributed by atoms with Crippen LogP contribution in [0, 0.1) is 0 Å². The van der Waals surface area contributed by atoms with Gasteiger partial charge in [0.25, 0.3) is 0 Å². The number of methoxy groups -OCH3 is 3. The Morgan fingerprint density at radius 1 is 1.05 bits per heavy atom. The standard InChI is InChI=1S/C14H14O5/c1-16-9-6-11(17-2)14(12(7-9)18-3)10-4-5-19-13(10)8-15/h4-8H,1-3H3. The highest BCUT2D eigenvalue weighted by Gasteiger charge is 2.19. The van der Waals surface area contributed by atoms with Gasteiger partial charge in [-0.05, 0) is 6.07 Å². The largest absolute Gasteiger partial charge is 0.496 e. The van der Waals surface area contributed by atoms with Crippen molar-refractivity contribution in [3.05, 3.63) is 30.2 Å². The number of ether oxygens (including phenoxy) is 3. The molecule has 0 unspecified atom stereocenters. The number of hydrogen-bond donors (Lipinski definition) is 0. The summed E-state index contributed by atoms with van der Waals surface area (Å²) in [6, 6.07) is 5.13. The molecule has 0 spiro atoms. The zero-order valence-electron chi connectivity index (χ0n) is 10.9. The van der Waals surface area contributed by atoms with E-state index in [1.807, 2.05) is 0 Å². The molecular weight excluding hydrogens is 248 g/mol. The van der Waals surface area contributed by atoms with Crippen LogP contribution in [0.15, 0.2) is 28.9 Å². The van der Waals surface area contributed by atoms with Crippen LogP contribution in [0.25, 0.3) is 11.1 Å². The Morgan fingerprint density at radius 2 is 1.68 bits per heavy atom. The van der Waals surface area contributed by atoms with Crippen molar-refractivity contribution in [1.29, 1.82) is 0 Å². The number of rotatable bonds is 5. The Hall–Kier alpha value is -2.43. The molecule has 0 bridgehead atoms. The van der Waals surface area contributed by atoms with Crippen molar-refractivity contribution in [3.63, 3.8) is 0 Å². The molecule has 0 aliphatic heterocycles. The molecule has 5 heteroatoms. The van der Waals surface area contributed by atoms with Gasteiger partial charge < -0.3 is 18.6 Å². The molecule has 2 aromatic rings.